The van der Waals surface area contributed by atoms with Crippen molar-refractivity contribution in [3.63, 3.8) is 0 Å². The number of carboxylic acids is 1. The van der Waals surface area contributed by atoms with Gasteiger partial charge in [0.2, 0.25) is 17.8 Å². The van der Waals surface area contributed by atoms with Crippen LogP contribution in [0.25, 0.3) is 11.1 Å². The Bertz CT molecular complexity index is 3110. The maximum Gasteiger partial charge on any atom is 0.325 e. The van der Waals surface area contributed by atoms with Crippen molar-refractivity contribution >= 4 is 35.6 Å². The van der Waals surface area contributed by atoms with Crippen LogP contribution in [0.2, 0.25) is 0 Å². The predicted molar refractivity (Wildman–Crippen MR) is 372 cm³/mol. The van der Waals surface area contributed by atoms with Gasteiger partial charge in [0.15, 0.2) is 12.6 Å². The fourth-order valence-electron chi connectivity index (χ4n) is 14.1. The second kappa shape index (κ2) is 36.7. The van der Waals surface area contributed by atoms with Gasteiger partial charge in [-0.25, -0.2) is 9.38 Å². The zero-order chi connectivity index (χ0) is 73.4. The number of cyclic esters (lactones) is 1. The molecule has 0 bridgehead atoms. The van der Waals surface area contributed by atoms with Gasteiger partial charge in [-0.15, -0.1) is 0 Å². The number of guanidine groups is 1. The summed E-state index contributed by atoms with van der Waals surface area (Å²) in [4.78, 5) is 79.6. The van der Waals surface area contributed by atoms with Crippen LogP contribution in [-0.2, 0) is 58.8 Å². The number of esters is 1. The molecule has 9 N–H and O–H groups in total. The molecule has 3 saturated heterocycles. The maximum atomic E-state index is 15.4. The molecule has 6 rings (SSSR count). The van der Waals surface area contributed by atoms with E-state index in [0.29, 0.717) is 35.1 Å². The lowest BCUT2D eigenvalue weighted by Crippen LogP contribution is -2.60. The number of aliphatic imine (C=N–C) groups is 1. The van der Waals surface area contributed by atoms with Crippen molar-refractivity contribution in [3.8, 4) is 11.1 Å². The number of methoxy groups -OCH3 is 1. The number of hydrogen-bond donors (Lipinski definition) is 9. The smallest absolute Gasteiger partial charge is 0.325 e. The first kappa shape index (κ1) is 81.9. The summed E-state index contributed by atoms with van der Waals surface area (Å²) in [7, 11) is 5.17. The van der Waals surface area contributed by atoms with Gasteiger partial charge in [-0.2, -0.15) is 0 Å². The van der Waals surface area contributed by atoms with Crippen LogP contribution < -0.4 is 16.0 Å². The third-order valence-electron chi connectivity index (χ3n) is 20.1. The Morgan fingerprint density at radius 2 is 1.53 bits per heavy atom. The minimum atomic E-state index is -2.07. The van der Waals surface area contributed by atoms with E-state index in [9.17, 15) is 49.8 Å². The number of ether oxygens (including phenoxy) is 6. The highest BCUT2D eigenvalue weighted by Gasteiger charge is 2.53. The summed E-state index contributed by atoms with van der Waals surface area (Å²) in [6.45, 7) is 21.8. The van der Waals surface area contributed by atoms with Gasteiger partial charge in [0, 0.05) is 69.7 Å². The van der Waals surface area contributed by atoms with Crippen molar-refractivity contribution in [2.75, 3.05) is 60.5 Å². The van der Waals surface area contributed by atoms with Crippen LogP contribution in [-0.4, -0.2) is 238 Å². The van der Waals surface area contributed by atoms with E-state index in [2.05, 4.69) is 20.9 Å². The van der Waals surface area contributed by atoms with E-state index in [1.54, 1.807) is 122 Å². The number of carboxylic acid groups (broad SMARTS) is 1. The van der Waals surface area contributed by atoms with Crippen molar-refractivity contribution in [2.24, 2.45) is 28.7 Å². The Labute approximate surface area is 584 Å². The number of nitrogens with one attached hydrogen (secondary N) is 3. The largest absolute Gasteiger partial charge is 0.480 e. The molecule has 3 heterocycles. The van der Waals surface area contributed by atoms with Gasteiger partial charge in [0.05, 0.1) is 54.0 Å². The van der Waals surface area contributed by atoms with Gasteiger partial charge in [0.25, 0.3) is 5.91 Å². The van der Waals surface area contributed by atoms with Crippen molar-refractivity contribution in [1.29, 1.82) is 0 Å². The number of nitrogens with zero attached hydrogens (tertiary/aromatic N) is 4. The zero-order valence-electron chi connectivity index (χ0n) is 60.9. The zero-order valence-corrected chi connectivity index (χ0v) is 60.9. The minimum Gasteiger partial charge on any atom is -0.480 e. The molecule has 0 aliphatic carbocycles. The van der Waals surface area contributed by atoms with Gasteiger partial charge in [0.1, 0.15) is 48.4 Å². The van der Waals surface area contributed by atoms with Crippen LogP contribution in [0.3, 0.4) is 0 Å². The molecule has 3 aromatic carbocycles. The van der Waals surface area contributed by atoms with Crippen LogP contribution in [0.1, 0.15) is 146 Å². The van der Waals surface area contributed by atoms with Crippen molar-refractivity contribution in [2.45, 2.75) is 237 Å². The summed E-state index contributed by atoms with van der Waals surface area (Å²) in [6.07, 6.45) is -9.67. The van der Waals surface area contributed by atoms with Gasteiger partial charge < -0.3 is 79.9 Å². The number of carbonyl (C=O) groups is 5. The first-order valence-electron chi connectivity index (χ1n) is 35.1. The molecule has 24 nitrogen and oxygen atoms in total. The highest BCUT2D eigenvalue weighted by molar-refractivity contribution is 6.01. The number of aliphatic hydroxyl groups excluding tert-OH is 3. The number of hydrogen-bond acceptors (Lipinski definition) is 19. The van der Waals surface area contributed by atoms with Crippen LogP contribution in [0.5, 0.6) is 0 Å². The highest BCUT2D eigenvalue weighted by atomic mass is 19.1. The van der Waals surface area contributed by atoms with Crippen LogP contribution in [0, 0.1) is 29.5 Å². The second-order valence-corrected chi connectivity index (χ2v) is 29.1. The summed E-state index contributed by atoms with van der Waals surface area (Å²) in [6, 6.07) is 20.0. The Hall–Kier alpha value is -6.07. The van der Waals surface area contributed by atoms with Crippen LogP contribution in [0.4, 0.5) is 4.39 Å². The number of likely N-dealkylation sites (N-methyl/N-ethyl adjacent to an activating group) is 1. The van der Waals surface area contributed by atoms with Gasteiger partial charge >= 0.3 is 11.9 Å². The third-order valence-corrected chi connectivity index (χ3v) is 20.1. The molecule has 20 unspecified atom stereocenters. The van der Waals surface area contributed by atoms with Crippen molar-refractivity contribution in [1.82, 2.24) is 30.7 Å². The molecule has 0 saturated carbocycles. The van der Waals surface area contributed by atoms with E-state index in [-0.39, 0.29) is 76.3 Å². The van der Waals surface area contributed by atoms with Crippen LogP contribution in [0.15, 0.2) is 83.9 Å². The van der Waals surface area contributed by atoms with Crippen LogP contribution >= 0.6 is 0 Å². The van der Waals surface area contributed by atoms with Crippen molar-refractivity contribution in [3.05, 3.63) is 95.8 Å². The molecule has 0 aromatic heterocycles. The number of amides is 3. The number of benzene rings is 3. The predicted octanol–water partition coefficient (Wildman–Crippen LogP) is 6.02. The monoisotopic (exact) mass is 1390 g/mol. The number of carbonyl (C=O) groups excluding carboxylic acids is 4. The highest BCUT2D eigenvalue weighted by Crippen LogP contribution is 2.41. The number of rotatable bonds is 25. The average Bonchev–Trinajstić information content (AvgIpc) is 1.61. The summed E-state index contributed by atoms with van der Waals surface area (Å²) < 4.78 is 53.9. The SMILES string of the molecule is CCC1OC(=O)C(C)C(OC2CC(C)(OC)C(O)C(C)O2)C(C)C(OC2OC(C)CC(N(C)C)C2O)C(C)(O)CC(C)CN(CCCNC(=NCC(=O)O)N(CCC(C)C)C(=O)C(Cc2ccccc2)NC(=O)CNC(=O)C(C)c2ccc(-c3ccccc3)c(F)c2)C(C)C(O)C1(C)O. The summed E-state index contributed by atoms with van der Waals surface area (Å²) in [5.41, 5.74) is -2.89. The normalized spacial score (nSPS) is 32.2. The average molecular weight is 1390 g/mol. The van der Waals surface area contributed by atoms with E-state index < -0.39 is 162 Å². The molecular formula is C74H114FN7O17. The Balaban J connectivity index is 1.29. The van der Waals surface area contributed by atoms with E-state index in [4.69, 9.17) is 28.4 Å². The molecule has 3 aromatic rings. The first-order valence-corrected chi connectivity index (χ1v) is 35.1. The third kappa shape index (κ3) is 22.0. The first-order chi connectivity index (χ1) is 46.5. The summed E-state index contributed by atoms with van der Waals surface area (Å²) in [5.74, 6) is -7.90. The topological polar surface area (TPSA) is 320 Å². The molecule has 3 aliphatic heterocycles. The molecule has 3 amide bonds. The Kier molecular flexibility index (Phi) is 30.4. The second-order valence-electron chi connectivity index (χ2n) is 29.1. The lowest BCUT2D eigenvalue weighted by Gasteiger charge is -2.48. The molecule has 0 radical (unpaired) electrons. The lowest BCUT2D eigenvalue weighted by molar-refractivity contribution is -0.318. The Morgan fingerprint density at radius 1 is 0.869 bits per heavy atom. The molecular weight excluding hydrogens is 1280 g/mol. The van der Waals surface area contributed by atoms with E-state index in [0.717, 1.165) is 0 Å². The molecule has 25 heteroatoms. The van der Waals surface area contributed by atoms with E-state index in [1.165, 1.54) is 25.0 Å². The number of aliphatic carboxylic acids is 1. The summed E-state index contributed by atoms with van der Waals surface area (Å²) in [5, 5.41) is 80.1. The maximum absolute atomic E-state index is 15.4. The molecule has 3 fully saturated rings. The summed E-state index contributed by atoms with van der Waals surface area (Å²) >= 11 is 0. The molecule has 554 valence electrons. The van der Waals surface area contributed by atoms with Gasteiger partial charge in [-0.05, 0) is 136 Å². The van der Waals surface area contributed by atoms with E-state index in [1.807, 2.05) is 57.7 Å². The Morgan fingerprint density at radius 3 is 2.13 bits per heavy atom. The number of halogens is 1. The van der Waals surface area contributed by atoms with Gasteiger partial charge in [-0.3, -0.25) is 33.8 Å². The molecule has 99 heavy (non-hydrogen) atoms. The lowest BCUT2D eigenvalue weighted by atomic mass is 9.77. The molecule has 0 spiro atoms. The van der Waals surface area contributed by atoms with E-state index >= 15 is 9.18 Å². The molecule has 20 atom stereocenters. The van der Waals surface area contributed by atoms with Crippen molar-refractivity contribution < 1.29 is 87.4 Å². The van der Waals surface area contributed by atoms with Gasteiger partial charge in [-0.1, -0.05) is 107 Å². The minimum absolute atomic E-state index is 0.00411. The fourth-order valence-corrected chi connectivity index (χ4v) is 14.1. The number of aliphatic hydroxyl groups is 5. The quantitative estimate of drug-likeness (QED) is 0.0203. The molecule has 3 aliphatic rings. The fraction of sp³-hybridized carbons (Fsp3) is 0.676. The standard InChI is InChI=1S/C74H114FN7O17/c1-17-58-74(13,93)64(87)49(9)81(42-44(4)38-72(11,92)66(99-70-62(86)57(80(14)15)35-45(5)95-70)47(7)63(48(8)69(91)97-58)98-61-39-73(12,94-16)65(88)50(10)96-61)33-24-32-76-71(78-41-60(84)85)82(34-31-43(2)3)68(90)56(36-51-25-20-18-21-26-51)79-59(83)40-77-67(89)46(6)53-29-30-54(55(75)37-53)52-27-22-19-23-28-52/h18-23,25-30,37,43-50,56-58,61-66,70,86-88,92-93H,17,24,31-36,38-42H2,1-16H3,(H,76,78)(H,77,89)(H,79,83)(H,84,85).